The first kappa shape index (κ1) is 14.5. The highest BCUT2D eigenvalue weighted by Gasteiger charge is 2.24. The van der Waals surface area contributed by atoms with E-state index in [-0.39, 0.29) is 5.03 Å². The van der Waals surface area contributed by atoms with E-state index < -0.39 is 10.0 Å². The predicted molar refractivity (Wildman–Crippen MR) is 77.8 cm³/mol. The lowest BCUT2D eigenvalue weighted by atomic mass is 10.2. The Morgan fingerprint density at radius 2 is 1.90 bits per heavy atom. The third-order valence-corrected chi connectivity index (χ3v) is 4.94. The molecule has 0 saturated heterocycles. The number of aromatic nitrogens is 2. The second kappa shape index (κ2) is 5.64. The summed E-state index contributed by atoms with van der Waals surface area (Å²) < 4.78 is 27.8. The van der Waals surface area contributed by atoms with Crippen molar-refractivity contribution in [3.05, 3.63) is 42.1 Å². The van der Waals surface area contributed by atoms with Gasteiger partial charge in [0.2, 0.25) is 0 Å². The van der Waals surface area contributed by atoms with Gasteiger partial charge in [-0.25, -0.2) is 0 Å². The van der Waals surface area contributed by atoms with Crippen LogP contribution in [0.25, 0.3) is 0 Å². The summed E-state index contributed by atoms with van der Waals surface area (Å²) in [5.74, 6) is 0. The van der Waals surface area contributed by atoms with Crippen LogP contribution < -0.4 is 10.0 Å². The first-order valence-corrected chi connectivity index (χ1v) is 7.74. The van der Waals surface area contributed by atoms with E-state index >= 15 is 0 Å². The molecule has 0 radical (unpaired) electrons. The molecule has 0 spiro atoms. The number of aryl methyl sites for hydroxylation is 1. The van der Waals surface area contributed by atoms with Crippen molar-refractivity contribution in [2.75, 3.05) is 11.4 Å². The van der Waals surface area contributed by atoms with E-state index in [9.17, 15) is 8.42 Å². The molecule has 1 aromatic heterocycles. The van der Waals surface area contributed by atoms with Crippen LogP contribution in [0.4, 0.5) is 5.69 Å². The molecule has 0 atom stereocenters. The fraction of sp³-hybridized carbons (Fsp3) is 0.308. The number of hydrogen-bond donors (Lipinski definition) is 1. The van der Waals surface area contributed by atoms with Gasteiger partial charge in [0.05, 0.1) is 11.9 Å². The van der Waals surface area contributed by atoms with Crippen LogP contribution in [0.5, 0.6) is 0 Å². The highest BCUT2D eigenvalue weighted by molar-refractivity contribution is 7.92. The first-order chi connectivity index (χ1) is 9.50. The Kier molecular flexibility index (Phi) is 4.10. The Balaban J connectivity index is 2.38. The van der Waals surface area contributed by atoms with Gasteiger partial charge in [-0.2, -0.15) is 13.5 Å². The number of nitrogens with two attached hydrogens (primary N) is 1. The maximum absolute atomic E-state index is 12.6. The van der Waals surface area contributed by atoms with Gasteiger partial charge in [0, 0.05) is 20.1 Å². The van der Waals surface area contributed by atoms with E-state index in [0.29, 0.717) is 18.8 Å². The molecule has 0 fully saturated rings. The summed E-state index contributed by atoms with van der Waals surface area (Å²) in [6, 6.07) is 8.62. The predicted octanol–water partition coefficient (Wildman–Crippen LogP) is 1.19. The minimum absolute atomic E-state index is 0.186. The van der Waals surface area contributed by atoms with E-state index in [1.165, 1.54) is 28.3 Å². The van der Waals surface area contributed by atoms with Crippen molar-refractivity contribution in [3.63, 3.8) is 0 Å². The Labute approximate surface area is 118 Å². The second-order valence-corrected chi connectivity index (χ2v) is 6.24. The smallest absolute Gasteiger partial charge is 0.281 e. The third-order valence-electron chi connectivity index (χ3n) is 3.14. The summed E-state index contributed by atoms with van der Waals surface area (Å²) in [6.07, 6.45) is 1.49. The van der Waals surface area contributed by atoms with Crippen molar-refractivity contribution in [1.82, 2.24) is 9.78 Å². The van der Waals surface area contributed by atoms with Gasteiger partial charge in [0.1, 0.15) is 0 Å². The van der Waals surface area contributed by atoms with Gasteiger partial charge in [0.15, 0.2) is 5.03 Å². The van der Waals surface area contributed by atoms with Crippen LogP contribution in [-0.4, -0.2) is 25.2 Å². The summed E-state index contributed by atoms with van der Waals surface area (Å²) in [6.45, 7) is 2.78. The molecule has 20 heavy (non-hydrogen) atoms. The number of hydrogen-bond acceptors (Lipinski definition) is 4. The molecular weight excluding hydrogens is 276 g/mol. The zero-order valence-corrected chi connectivity index (χ0v) is 12.3. The topological polar surface area (TPSA) is 81.2 Å². The summed E-state index contributed by atoms with van der Waals surface area (Å²) in [5, 5.41) is 4.18. The molecule has 2 rings (SSSR count). The van der Waals surface area contributed by atoms with Gasteiger partial charge in [-0.1, -0.05) is 12.1 Å². The van der Waals surface area contributed by atoms with Crippen molar-refractivity contribution in [2.24, 2.45) is 5.73 Å². The van der Waals surface area contributed by atoms with Crippen LogP contribution in [0, 0.1) is 0 Å². The van der Waals surface area contributed by atoms with E-state index in [1.807, 2.05) is 19.1 Å². The highest BCUT2D eigenvalue weighted by atomic mass is 32.2. The normalized spacial score (nSPS) is 11.6. The molecule has 0 unspecified atom stereocenters. The minimum atomic E-state index is -3.61. The molecule has 7 heteroatoms. The van der Waals surface area contributed by atoms with E-state index in [0.717, 1.165) is 5.56 Å². The lowest BCUT2D eigenvalue weighted by Crippen LogP contribution is -2.28. The summed E-state index contributed by atoms with van der Waals surface area (Å²) in [5.41, 5.74) is 7.08. The number of anilines is 1. The van der Waals surface area contributed by atoms with Gasteiger partial charge in [-0.3, -0.25) is 8.99 Å². The standard InChI is InChI=1S/C13H18N4O2S/c1-3-17-13(8-9-15-17)20(18,19)16(2)12-6-4-11(10-14)5-7-12/h4-9H,3,10,14H2,1-2H3. The number of benzene rings is 1. The fourth-order valence-corrected chi connectivity index (χ4v) is 3.25. The van der Waals surface area contributed by atoms with Crippen molar-refractivity contribution in [3.8, 4) is 0 Å². The molecule has 0 amide bonds. The Morgan fingerprint density at radius 3 is 2.45 bits per heavy atom. The fourth-order valence-electron chi connectivity index (χ4n) is 1.90. The van der Waals surface area contributed by atoms with Gasteiger partial charge >= 0.3 is 0 Å². The zero-order valence-electron chi connectivity index (χ0n) is 11.5. The molecule has 1 aromatic carbocycles. The largest absolute Gasteiger partial charge is 0.326 e. The molecule has 0 aliphatic carbocycles. The average molecular weight is 294 g/mol. The monoisotopic (exact) mass is 294 g/mol. The van der Waals surface area contributed by atoms with Crippen LogP contribution in [0.2, 0.25) is 0 Å². The average Bonchev–Trinajstić information content (AvgIpc) is 2.95. The van der Waals surface area contributed by atoms with Gasteiger partial charge < -0.3 is 5.73 Å². The van der Waals surface area contributed by atoms with Crippen LogP contribution in [-0.2, 0) is 23.1 Å². The minimum Gasteiger partial charge on any atom is -0.326 e. The molecule has 0 saturated carbocycles. The summed E-state index contributed by atoms with van der Waals surface area (Å²) in [4.78, 5) is 0. The lowest BCUT2D eigenvalue weighted by Gasteiger charge is -2.20. The molecule has 2 aromatic rings. The number of nitrogens with zero attached hydrogens (tertiary/aromatic N) is 3. The molecule has 6 nitrogen and oxygen atoms in total. The van der Waals surface area contributed by atoms with Gasteiger partial charge in [-0.15, -0.1) is 0 Å². The lowest BCUT2D eigenvalue weighted by molar-refractivity contribution is 0.553. The van der Waals surface area contributed by atoms with Crippen LogP contribution in [0.15, 0.2) is 41.6 Å². The summed E-state index contributed by atoms with van der Waals surface area (Å²) in [7, 11) is -2.08. The van der Waals surface area contributed by atoms with Crippen molar-refractivity contribution in [2.45, 2.75) is 25.0 Å². The molecule has 0 aliphatic heterocycles. The molecular formula is C13H18N4O2S. The van der Waals surface area contributed by atoms with Crippen molar-refractivity contribution in [1.29, 1.82) is 0 Å². The maximum Gasteiger partial charge on any atom is 0.281 e. The summed E-state index contributed by atoms with van der Waals surface area (Å²) >= 11 is 0. The molecule has 2 N–H and O–H groups in total. The van der Waals surface area contributed by atoms with Crippen LogP contribution in [0.3, 0.4) is 0 Å². The quantitative estimate of drug-likeness (QED) is 0.898. The molecule has 0 aliphatic rings. The van der Waals surface area contributed by atoms with Crippen LogP contribution >= 0.6 is 0 Å². The number of rotatable bonds is 5. The maximum atomic E-state index is 12.6. The molecule has 108 valence electrons. The molecule has 1 heterocycles. The Hall–Kier alpha value is -1.86. The van der Waals surface area contributed by atoms with E-state index in [4.69, 9.17) is 5.73 Å². The van der Waals surface area contributed by atoms with E-state index in [2.05, 4.69) is 5.10 Å². The first-order valence-electron chi connectivity index (χ1n) is 6.30. The van der Waals surface area contributed by atoms with Crippen molar-refractivity contribution < 1.29 is 8.42 Å². The zero-order chi connectivity index (χ0) is 14.8. The van der Waals surface area contributed by atoms with Gasteiger partial charge in [0.25, 0.3) is 10.0 Å². The second-order valence-electron chi connectivity index (χ2n) is 4.33. The Morgan fingerprint density at radius 1 is 1.25 bits per heavy atom. The number of sulfonamides is 1. The SMILES string of the molecule is CCn1nccc1S(=O)(=O)N(C)c1ccc(CN)cc1. The van der Waals surface area contributed by atoms with Crippen molar-refractivity contribution >= 4 is 15.7 Å². The Bertz CT molecular complexity index is 677. The molecule has 0 bridgehead atoms. The van der Waals surface area contributed by atoms with E-state index in [1.54, 1.807) is 12.1 Å². The highest BCUT2D eigenvalue weighted by Crippen LogP contribution is 2.22. The third kappa shape index (κ3) is 2.54. The van der Waals surface area contributed by atoms with Crippen LogP contribution in [0.1, 0.15) is 12.5 Å². The van der Waals surface area contributed by atoms with Gasteiger partial charge in [-0.05, 0) is 30.7 Å².